The van der Waals surface area contributed by atoms with Crippen LogP contribution in [0.3, 0.4) is 0 Å². The zero-order chi connectivity index (χ0) is 18.7. The summed E-state index contributed by atoms with van der Waals surface area (Å²) in [5, 5.41) is 12.7. The number of aryl methyl sites for hydroxylation is 1. The summed E-state index contributed by atoms with van der Waals surface area (Å²) >= 11 is 0. The lowest BCUT2D eigenvalue weighted by Gasteiger charge is -2.21. The molecule has 3 N–H and O–H groups in total. The average molecular weight is 376 g/mol. The molecule has 1 aromatic heterocycles. The molecule has 0 spiro atoms. The minimum absolute atomic E-state index is 0.115. The van der Waals surface area contributed by atoms with Crippen molar-refractivity contribution < 1.29 is 8.42 Å². The lowest BCUT2D eigenvalue weighted by molar-refractivity contribution is 0.486. The third-order valence-electron chi connectivity index (χ3n) is 4.57. The average Bonchev–Trinajstić information content (AvgIpc) is 3.24. The number of guanidine groups is 1. The molecular weight excluding hydrogens is 352 g/mol. The predicted molar refractivity (Wildman–Crippen MR) is 100 cm³/mol. The van der Waals surface area contributed by atoms with Gasteiger partial charge in [0.05, 0.1) is 11.1 Å². The number of primary sulfonamides is 1. The Morgan fingerprint density at radius 1 is 1.46 bits per heavy atom. The number of nitrogens with one attached hydrogen (secondary N) is 1. The van der Waals surface area contributed by atoms with E-state index in [0.717, 1.165) is 31.0 Å². The number of hydrogen-bond acceptors (Lipinski definition) is 4. The number of nitrogens with two attached hydrogens (primary N) is 1. The van der Waals surface area contributed by atoms with Crippen LogP contribution in [0, 0.1) is 0 Å². The van der Waals surface area contributed by atoms with E-state index in [-0.39, 0.29) is 4.90 Å². The molecular formula is C17H24N6O2S. The Labute approximate surface area is 153 Å². The lowest BCUT2D eigenvalue weighted by atomic mass is 10.0. The summed E-state index contributed by atoms with van der Waals surface area (Å²) in [4.78, 5) is 6.68. The molecule has 9 heteroatoms. The van der Waals surface area contributed by atoms with Gasteiger partial charge in [-0.15, -0.1) is 0 Å². The Morgan fingerprint density at radius 3 is 2.92 bits per heavy atom. The van der Waals surface area contributed by atoms with E-state index < -0.39 is 10.0 Å². The van der Waals surface area contributed by atoms with Crippen molar-refractivity contribution in [3.05, 3.63) is 47.8 Å². The first-order valence-corrected chi connectivity index (χ1v) is 9.97. The Hall–Kier alpha value is -2.39. The molecule has 0 bridgehead atoms. The first kappa shape index (κ1) is 18.4. The van der Waals surface area contributed by atoms with Gasteiger partial charge in [0.2, 0.25) is 10.0 Å². The molecule has 1 unspecified atom stereocenters. The number of sulfonamides is 1. The molecule has 0 saturated carbocycles. The van der Waals surface area contributed by atoms with E-state index >= 15 is 0 Å². The van der Waals surface area contributed by atoms with Gasteiger partial charge in [-0.25, -0.2) is 13.6 Å². The molecule has 2 aromatic rings. The number of hydrogen-bond donors (Lipinski definition) is 2. The SMILES string of the molecule is CN=C(NCc1cccc(S(N)(=O)=O)c1)N1CCC(c2cnn(C)c2)C1. The molecule has 2 heterocycles. The summed E-state index contributed by atoms with van der Waals surface area (Å²) < 4.78 is 24.8. The van der Waals surface area contributed by atoms with Crippen LogP contribution in [0.2, 0.25) is 0 Å². The first-order valence-electron chi connectivity index (χ1n) is 8.42. The molecule has 1 saturated heterocycles. The second kappa shape index (κ2) is 7.46. The third kappa shape index (κ3) is 4.23. The Bertz CT molecular complexity index is 905. The number of benzene rings is 1. The van der Waals surface area contributed by atoms with E-state index in [1.54, 1.807) is 19.2 Å². The van der Waals surface area contributed by atoms with Gasteiger partial charge in [-0.3, -0.25) is 9.67 Å². The van der Waals surface area contributed by atoms with Gasteiger partial charge in [0.25, 0.3) is 0 Å². The van der Waals surface area contributed by atoms with Gasteiger partial charge in [0.15, 0.2) is 5.96 Å². The highest BCUT2D eigenvalue weighted by atomic mass is 32.2. The highest BCUT2D eigenvalue weighted by Gasteiger charge is 2.26. The summed E-state index contributed by atoms with van der Waals surface area (Å²) in [5.41, 5.74) is 2.08. The van der Waals surface area contributed by atoms with Gasteiger partial charge in [-0.05, 0) is 29.7 Å². The summed E-state index contributed by atoms with van der Waals surface area (Å²) in [6.07, 6.45) is 5.03. The van der Waals surface area contributed by atoms with E-state index in [9.17, 15) is 8.42 Å². The van der Waals surface area contributed by atoms with Crippen molar-refractivity contribution in [2.75, 3.05) is 20.1 Å². The molecule has 3 rings (SSSR count). The van der Waals surface area contributed by atoms with Crippen molar-refractivity contribution >= 4 is 16.0 Å². The minimum Gasteiger partial charge on any atom is -0.352 e. The quantitative estimate of drug-likeness (QED) is 0.601. The summed E-state index contributed by atoms with van der Waals surface area (Å²) in [5.74, 6) is 1.24. The van der Waals surface area contributed by atoms with Crippen LogP contribution in [0.1, 0.15) is 23.5 Å². The highest BCUT2D eigenvalue weighted by Crippen LogP contribution is 2.26. The number of aromatic nitrogens is 2. The van der Waals surface area contributed by atoms with E-state index in [0.29, 0.717) is 12.5 Å². The number of aliphatic imine (C=N–C) groups is 1. The fraction of sp³-hybridized carbons (Fsp3) is 0.412. The van der Waals surface area contributed by atoms with Gasteiger partial charge >= 0.3 is 0 Å². The van der Waals surface area contributed by atoms with Gasteiger partial charge in [0, 0.05) is 45.8 Å². The van der Waals surface area contributed by atoms with E-state index in [1.165, 1.54) is 11.6 Å². The number of likely N-dealkylation sites (tertiary alicyclic amines) is 1. The van der Waals surface area contributed by atoms with Crippen LogP contribution in [0.4, 0.5) is 0 Å². The van der Waals surface area contributed by atoms with E-state index in [4.69, 9.17) is 5.14 Å². The van der Waals surface area contributed by atoms with Crippen LogP contribution in [-0.2, 0) is 23.6 Å². The van der Waals surface area contributed by atoms with Gasteiger partial charge in [-0.2, -0.15) is 5.10 Å². The molecule has 1 fully saturated rings. The topological polar surface area (TPSA) is 106 Å². The second-order valence-corrected chi connectivity index (χ2v) is 8.03. The molecule has 0 radical (unpaired) electrons. The third-order valence-corrected chi connectivity index (χ3v) is 5.48. The molecule has 140 valence electrons. The lowest BCUT2D eigenvalue weighted by Crippen LogP contribution is -2.39. The van der Waals surface area contributed by atoms with Gasteiger partial charge in [-0.1, -0.05) is 12.1 Å². The largest absolute Gasteiger partial charge is 0.352 e. The Balaban J connectivity index is 1.62. The van der Waals surface area contributed by atoms with Crippen molar-refractivity contribution in [1.82, 2.24) is 20.0 Å². The molecule has 1 aliphatic rings. The van der Waals surface area contributed by atoms with Crippen LogP contribution >= 0.6 is 0 Å². The van der Waals surface area contributed by atoms with Gasteiger partial charge in [0.1, 0.15) is 0 Å². The maximum absolute atomic E-state index is 11.5. The fourth-order valence-electron chi connectivity index (χ4n) is 3.22. The van der Waals surface area contributed by atoms with Gasteiger partial charge < -0.3 is 10.2 Å². The second-order valence-electron chi connectivity index (χ2n) is 6.47. The smallest absolute Gasteiger partial charge is 0.238 e. The van der Waals surface area contributed by atoms with Crippen LogP contribution < -0.4 is 10.5 Å². The number of nitrogens with zero attached hydrogens (tertiary/aromatic N) is 4. The van der Waals surface area contributed by atoms with Crippen molar-refractivity contribution in [3.63, 3.8) is 0 Å². The maximum atomic E-state index is 11.5. The van der Waals surface area contributed by atoms with Crippen LogP contribution in [0.5, 0.6) is 0 Å². The minimum atomic E-state index is -3.70. The van der Waals surface area contributed by atoms with E-state index in [2.05, 4.69) is 26.5 Å². The first-order chi connectivity index (χ1) is 12.4. The van der Waals surface area contributed by atoms with Crippen molar-refractivity contribution in [2.24, 2.45) is 17.2 Å². The van der Waals surface area contributed by atoms with Crippen LogP contribution in [-0.4, -0.2) is 49.2 Å². The maximum Gasteiger partial charge on any atom is 0.238 e. The standard InChI is InChI=1S/C17H24N6O2S/c1-19-17(20-9-13-4-3-5-16(8-13)26(18,24)25)23-7-6-14(12-23)15-10-21-22(2)11-15/h3-5,8,10-11,14H,6-7,9,12H2,1-2H3,(H,19,20)(H2,18,24,25). The summed E-state index contributed by atoms with van der Waals surface area (Å²) in [6.45, 7) is 2.27. The normalized spacial score (nSPS) is 18.3. The van der Waals surface area contributed by atoms with Crippen LogP contribution in [0.25, 0.3) is 0 Å². The highest BCUT2D eigenvalue weighted by molar-refractivity contribution is 7.89. The predicted octanol–water partition coefficient (Wildman–Crippen LogP) is 0.632. The molecule has 1 atom stereocenters. The summed E-state index contributed by atoms with van der Waals surface area (Å²) in [7, 11) is -0.0239. The van der Waals surface area contributed by atoms with Crippen LogP contribution in [0.15, 0.2) is 46.5 Å². The van der Waals surface area contributed by atoms with Crippen molar-refractivity contribution in [3.8, 4) is 0 Å². The molecule has 1 aromatic carbocycles. The molecule has 0 amide bonds. The molecule has 26 heavy (non-hydrogen) atoms. The zero-order valence-corrected chi connectivity index (χ0v) is 15.8. The molecule has 8 nitrogen and oxygen atoms in total. The molecule has 0 aliphatic carbocycles. The fourth-order valence-corrected chi connectivity index (χ4v) is 3.81. The zero-order valence-electron chi connectivity index (χ0n) is 15.0. The molecule has 1 aliphatic heterocycles. The Kier molecular flexibility index (Phi) is 5.28. The van der Waals surface area contributed by atoms with Crippen molar-refractivity contribution in [1.29, 1.82) is 0 Å². The van der Waals surface area contributed by atoms with Crippen molar-refractivity contribution in [2.45, 2.75) is 23.8 Å². The monoisotopic (exact) mass is 376 g/mol. The summed E-state index contributed by atoms with van der Waals surface area (Å²) in [6, 6.07) is 6.62. The number of rotatable bonds is 4. The van der Waals surface area contributed by atoms with E-state index in [1.807, 2.05) is 24.0 Å². The Morgan fingerprint density at radius 2 is 2.27 bits per heavy atom.